The zero-order valence-corrected chi connectivity index (χ0v) is 25.3. The lowest BCUT2D eigenvalue weighted by molar-refractivity contribution is -0.870. The number of anilines is 1. The molecule has 0 aliphatic heterocycles. The first-order valence-corrected chi connectivity index (χ1v) is 15.8. The molecule has 1 atom stereocenters. The van der Waals surface area contributed by atoms with Gasteiger partial charge in [0.15, 0.2) is 5.78 Å². The normalized spacial score (nSPS) is 13.2. The predicted octanol–water partition coefficient (Wildman–Crippen LogP) is 6.88. The number of nitrogens with one attached hydrogen (secondary N) is 1. The molecule has 0 bridgehead atoms. The summed E-state index contributed by atoms with van der Waals surface area (Å²) in [6.07, 6.45) is 16.6. The van der Waals surface area contributed by atoms with E-state index in [0.29, 0.717) is 23.1 Å². The minimum Gasteiger partial charge on any atom is -0.746 e. The van der Waals surface area contributed by atoms with E-state index in [0.717, 1.165) is 19.3 Å². The third-order valence-electron chi connectivity index (χ3n) is 6.37. The average Bonchev–Trinajstić information content (AvgIpc) is 2.81. The molecule has 1 unspecified atom stereocenters. The lowest BCUT2D eigenvalue weighted by atomic mass is 10.0. The first-order chi connectivity index (χ1) is 17.9. The van der Waals surface area contributed by atoms with Crippen LogP contribution in [-0.2, 0) is 13.9 Å². The molecule has 0 heterocycles. The van der Waals surface area contributed by atoms with Gasteiger partial charge in [-0.05, 0) is 31.5 Å². The maximum Gasteiger partial charge on any atom is 0.319 e. The summed E-state index contributed by atoms with van der Waals surface area (Å²) in [5.74, 6) is -0.621. The molecular weight excluding hydrogens is 503 g/mol. The van der Waals surface area contributed by atoms with Crippen LogP contribution >= 0.6 is 7.82 Å². The Morgan fingerprint density at radius 3 is 1.92 bits per heavy atom. The number of phosphoric acid groups is 1. The van der Waals surface area contributed by atoms with Crippen LogP contribution in [0.2, 0.25) is 0 Å². The third-order valence-corrected chi connectivity index (χ3v) is 7.29. The van der Waals surface area contributed by atoms with Crippen molar-refractivity contribution in [3.63, 3.8) is 0 Å². The Balaban J connectivity index is 2.35. The number of likely N-dealkylation sites (N-methyl/N-ethyl adjacent to an activating group) is 1. The fourth-order valence-electron chi connectivity index (χ4n) is 4.06. The van der Waals surface area contributed by atoms with Crippen molar-refractivity contribution in [2.24, 2.45) is 0 Å². The van der Waals surface area contributed by atoms with Gasteiger partial charge in [0, 0.05) is 12.1 Å². The van der Waals surface area contributed by atoms with Crippen molar-refractivity contribution in [3.05, 3.63) is 23.8 Å². The Labute approximate surface area is 230 Å². The smallest absolute Gasteiger partial charge is 0.319 e. The maximum absolute atomic E-state index is 12.4. The molecule has 1 aromatic carbocycles. The predicted molar refractivity (Wildman–Crippen MR) is 152 cm³/mol. The standard InChI is InChI=1S/C29H51N2O6P/c1-6-7-8-9-10-11-12-13-14-15-16-17-18-19-29(33)30-26-20-21-28(27(24-26)25(2)32)37-38(34,35)36-23-22-31(3,4)5/h20-21,24H,6-19,22-23H2,1-5H3,(H-,30,33,34,35). The SMILES string of the molecule is CCCCCCCCCCCCCCCC(=O)Nc1ccc(OP(=O)([O-])OCC[N+](C)(C)C)c(C(C)=O)c1. The molecule has 0 aliphatic carbocycles. The van der Waals surface area contributed by atoms with Gasteiger partial charge in [0.25, 0.3) is 0 Å². The molecule has 0 aliphatic rings. The van der Waals surface area contributed by atoms with Crippen LogP contribution in [0.5, 0.6) is 5.75 Å². The number of quaternary nitrogens is 1. The fraction of sp³-hybridized carbons (Fsp3) is 0.724. The van der Waals surface area contributed by atoms with Crippen LogP contribution < -0.4 is 14.7 Å². The lowest BCUT2D eigenvalue weighted by Crippen LogP contribution is -2.37. The van der Waals surface area contributed by atoms with Crippen molar-refractivity contribution in [2.45, 2.75) is 104 Å². The number of hydrogen-bond acceptors (Lipinski definition) is 6. The number of carbonyl (C=O) groups excluding carboxylic acids is 2. The number of Topliss-reactive ketones (excluding diaryl/α,β-unsaturated/α-hetero) is 1. The molecule has 8 nitrogen and oxygen atoms in total. The summed E-state index contributed by atoms with van der Waals surface area (Å²) in [5, 5.41) is 2.79. The summed E-state index contributed by atoms with van der Waals surface area (Å²) in [7, 11) is 1.10. The molecule has 38 heavy (non-hydrogen) atoms. The Kier molecular flexibility index (Phi) is 16.7. The van der Waals surface area contributed by atoms with Gasteiger partial charge in [-0.2, -0.15) is 0 Å². The lowest BCUT2D eigenvalue weighted by Gasteiger charge is -2.27. The van der Waals surface area contributed by atoms with Crippen LogP contribution in [0.1, 0.15) is 114 Å². The van der Waals surface area contributed by atoms with E-state index in [4.69, 9.17) is 9.05 Å². The van der Waals surface area contributed by atoms with Crippen molar-refractivity contribution in [1.82, 2.24) is 0 Å². The topological polar surface area (TPSA) is 105 Å². The highest BCUT2D eigenvalue weighted by Gasteiger charge is 2.19. The Bertz CT molecular complexity index is 884. The third kappa shape index (κ3) is 17.0. The second-order valence-corrected chi connectivity index (χ2v) is 12.5. The van der Waals surface area contributed by atoms with Gasteiger partial charge in [0.2, 0.25) is 5.91 Å². The molecule has 1 amide bonds. The quantitative estimate of drug-likeness (QED) is 0.0725. The van der Waals surface area contributed by atoms with Crippen molar-refractivity contribution in [3.8, 4) is 5.75 Å². The fourth-order valence-corrected chi connectivity index (χ4v) is 4.82. The van der Waals surface area contributed by atoms with Gasteiger partial charge in [-0.15, -0.1) is 0 Å². The van der Waals surface area contributed by atoms with Gasteiger partial charge in [-0.25, -0.2) is 0 Å². The van der Waals surface area contributed by atoms with Crippen LogP contribution in [0, 0.1) is 0 Å². The molecular formula is C29H51N2O6P. The molecule has 1 N–H and O–H groups in total. The van der Waals surface area contributed by atoms with Crippen LogP contribution in [-0.4, -0.2) is 50.5 Å². The van der Waals surface area contributed by atoms with Gasteiger partial charge < -0.3 is 23.7 Å². The zero-order valence-electron chi connectivity index (χ0n) is 24.4. The highest BCUT2D eigenvalue weighted by Crippen LogP contribution is 2.41. The van der Waals surface area contributed by atoms with E-state index in [9.17, 15) is 19.0 Å². The van der Waals surface area contributed by atoms with Crippen molar-refractivity contribution < 1.29 is 32.6 Å². The second kappa shape index (κ2) is 18.5. The molecule has 0 spiro atoms. The number of phosphoric ester groups is 1. The Morgan fingerprint density at radius 1 is 0.895 bits per heavy atom. The van der Waals surface area contributed by atoms with E-state index < -0.39 is 7.82 Å². The molecule has 1 rings (SSSR count). The second-order valence-electron chi connectivity index (χ2n) is 11.2. The number of rotatable bonds is 22. The number of ketones is 1. The van der Waals surface area contributed by atoms with Crippen LogP contribution in [0.4, 0.5) is 5.69 Å². The van der Waals surface area contributed by atoms with E-state index in [2.05, 4.69) is 12.2 Å². The first-order valence-electron chi connectivity index (χ1n) is 14.3. The number of unbranched alkanes of at least 4 members (excludes halogenated alkanes) is 12. The van der Waals surface area contributed by atoms with Gasteiger partial charge >= 0.3 is 7.82 Å². The summed E-state index contributed by atoms with van der Waals surface area (Å²) in [4.78, 5) is 36.7. The maximum atomic E-state index is 12.4. The zero-order chi connectivity index (χ0) is 28.4. The largest absolute Gasteiger partial charge is 0.746 e. The number of benzene rings is 1. The highest BCUT2D eigenvalue weighted by molar-refractivity contribution is 7.46. The van der Waals surface area contributed by atoms with Crippen molar-refractivity contribution >= 4 is 25.2 Å². The monoisotopic (exact) mass is 554 g/mol. The van der Waals surface area contributed by atoms with Gasteiger partial charge in [0.1, 0.15) is 18.9 Å². The molecule has 1 aromatic rings. The van der Waals surface area contributed by atoms with Crippen molar-refractivity contribution in [2.75, 3.05) is 39.6 Å². The number of carbonyl (C=O) groups is 2. The summed E-state index contributed by atoms with van der Waals surface area (Å²) in [6, 6.07) is 4.33. The van der Waals surface area contributed by atoms with E-state index in [1.54, 1.807) is 0 Å². The summed E-state index contributed by atoms with van der Waals surface area (Å²) in [5.41, 5.74) is 0.490. The molecule has 218 valence electrons. The van der Waals surface area contributed by atoms with E-state index in [1.165, 1.54) is 89.3 Å². The summed E-state index contributed by atoms with van der Waals surface area (Å²) < 4.78 is 22.7. The molecule has 0 radical (unpaired) electrons. The van der Waals surface area contributed by atoms with Crippen molar-refractivity contribution in [1.29, 1.82) is 0 Å². The number of hydrogen-bond donors (Lipinski definition) is 1. The first kappa shape index (κ1) is 34.3. The number of nitrogens with zero attached hydrogens (tertiary/aromatic N) is 1. The van der Waals surface area contributed by atoms with E-state index in [1.807, 2.05) is 21.1 Å². The van der Waals surface area contributed by atoms with E-state index in [-0.39, 0.29) is 29.6 Å². The van der Waals surface area contributed by atoms with Gasteiger partial charge in [-0.3, -0.25) is 14.2 Å². The highest BCUT2D eigenvalue weighted by atomic mass is 31.2. The molecule has 0 aromatic heterocycles. The number of amides is 1. The summed E-state index contributed by atoms with van der Waals surface area (Å²) >= 11 is 0. The molecule has 0 fully saturated rings. The van der Waals surface area contributed by atoms with Gasteiger partial charge in [0.05, 0.1) is 26.7 Å². The molecule has 0 saturated heterocycles. The Hall–Kier alpha value is -1.73. The van der Waals surface area contributed by atoms with Crippen LogP contribution in [0.15, 0.2) is 18.2 Å². The van der Waals surface area contributed by atoms with E-state index >= 15 is 0 Å². The molecule has 0 saturated carbocycles. The minimum atomic E-state index is -4.65. The van der Waals surface area contributed by atoms with Crippen LogP contribution in [0.25, 0.3) is 0 Å². The summed E-state index contributed by atoms with van der Waals surface area (Å²) in [6.45, 7) is 4.00. The average molecular weight is 555 g/mol. The Morgan fingerprint density at radius 2 is 1.42 bits per heavy atom. The minimum absolute atomic E-state index is 0.0347. The molecule has 9 heteroatoms. The van der Waals surface area contributed by atoms with Crippen LogP contribution in [0.3, 0.4) is 0 Å². The van der Waals surface area contributed by atoms with Gasteiger partial charge in [-0.1, -0.05) is 84.0 Å².